The van der Waals surface area contributed by atoms with Crippen molar-refractivity contribution in [3.63, 3.8) is 0 Å². The monoisotopic (exact) mass is 229 g/mol. The molecule has 0 aliphatic carbocycles. The van der Waals surface area contributed by atoms with E-state index in [-0.39, 0.29) is 5.97 Å². The molecule has 0 N–H and O–H groups in total. The van der Waals surface area contributed by atoms with E-state index in [4.69, 9.17) is 9.47 Å². The Hall–Kier alpha value is -0.610. The fraction of sp³-hybridized carbons (Fsp3) is 0.917. The second-order valence-corrected chi connectivity index (χ2v) is 4.18. The van der Waals surface area contributed by atoms with Crippen LogP contribution in [0, 0.1) is 0 Å². The Bertz CT molecular complexity index is 202. The normalized spacial score (nSPS) is 20.3. The first-order chi connectivity index (χ1) is 7.76. The maximum absolute atomic E-state index is 11.4. The molecule has 1 aliphatic heterocycles. The summed E-state index contributed by atoms with van der Waals surface area (Å²) in [5.41, 5.74) is 0. The van der Waals surface area contributed by atoms with Crippen molar-refractivity contribution in [3.8, 4) is 0 Å². The van der Waals surface area contributed by atoms with Crippen LogP contribution in [0.15, 0.2) is 0 Å². The summed E-state index contributed by atoms with van der Waals surface area (Å²) in [6, 6.07) is 0. The lowest BCUT2D eigenvalue weighted by Crippen LogP contribution is -2.37. The summed E-state index contributed by atoms with van der Waals surface area (Å²) < 4.78 is 10.5. The van der Waals surface area contributed by atoms with Gasteiger partial charge in [0.1, 0.15) is 0 Å². The van der Waals surface area contributed by atoms with Gasteiger partial charge in [0.2, 0.25) is 0 Å². The second kappa shape index (κ2) is 7.63. The smallest absolute Gasteiger partial charge is 0.320 e. The average Bonchev–Trinajstić information content (AvgIpc) is 2.71. The average molecular weight is 229 g/mol. The Morgan fingerprint density at radius 3 is 2.88 bits per heavy atom. The largest absolute Gasteiger partial charge is 0.465 e. The zero-order chi connectivity index (χ0) is 11.8. The first-order valence-electron chi connectivity index (χ1n) is 6.25. The van der Waals surface area contributed by atoms with Crippen LogP contribution in [0.3, 0.4) is 0 Å². The van der Waals surface area contributed by atoms with E-state index in [0.717, 1.165) is 39.0 Å². The first kappa shape index (κ1) is 13.5. The minimum Gasteiger partial charge on any atom is -0.465 e. The van der Waals surface area contributed by atoms with E-state index in [2.05, 4.69) is 11.8 Å². The highest BCUT2D eigenvalue weighted by molar-refractivity contribution is 5.71. The van der Waals surface area contributed by atoms with Crippen LogP contribution in [-0.4, -0.2) is 49.8 Å². The fourth-order valence-electron chi connectivity index (χ4n) is 2.02. The molecule has 1 fully saturated rings. The van der Waals surface area contributed by atoms with Gasteiger partial charge in [-0.05, 0) is 32.7 Å². The summed E-state index contributed by atoms with van der Waals surface area (Å²) in [5, 5.41) is 0. The van der Waals surface area contributed by atoms with Crippen LogP contribution in [0.25, 0.3) is 0 Å². The van der Waals surface area contributed by atoms with Gasteiger partial charge in [0.05, 0.1) is 19.3 Å². The summed E-state index contributed by atoms with van der Waals surface area (Å²) in [6.45, 7) is 7.45. The van der Waals surface area contributed by atoms with Gasteiger partial charge in [0.25, 0.3) is 0 Å². The summed E-state index contributed by atoms with van der Waals surface area (Å²) >= 11 is 0. The molecule has 1 atom stereocenters. The number of carbonyl (C=O) groups excluding carboxylic acids is 1. The maximum atomic E-state index is 11.4. The molecule has 1 saturated heterocycles. The third-order valence-corrected chi connectivity index (χ3v) is 2.68. The lowest BCUT2D eigenvalue weighted by atomic mass is 10.2. The standard InChI is InChI=1S/C12H23NO3/c1-3-7-13(10-12(14)15-4-2)9-11-6-5-8-16-11/h11H,3-10H2,1-2H3. The summed E-state index contributed by atoms with van der Waals surface area (Å²) in [6.07, 6.45) is 3.61. The van der Waals surface area contributed by atoms with Crippen molar-refractivity contribution in [3.05, 3.63) is 0 Å². The van der Waals surface area contributed by atoms with Crippen LogP contribution in [0.2, 0.25) is 0 Å². The van der Waals surface area contributed by atoms with Crippen molar-refractivity contribution in [1.29, 1.82) is 0 Å². The zero-order valence-corrected chi connectivity index (χ0v) is 10.4. The van der Waals surface area contributed by atoms with Crippen molar-refractivity contribution in [1.82, 2.24) is 4.90 Å². The van der Waals surface area contributed by atoms with Gasteiger partial charge >= 0.3 is 5.97 Å². The highest BCUT2D eigenvalue weighted by Gasteiger charge is 2.20. The predicted octanol–water partition coefficient (Wildman–Crippen LogP) is 1.44. The number of ether oxygens (including phenoxy) is 2. The molecule has 0 aromatic rings. The Labute approximate surface area is 97.9 Å². The molecule has 1 rings (SSSR count). The minimum absolute atomic E-state index is 0.131. The second-order valence-electron chi connectivity index (χ2n) is 4.18. The molecule has 94 valence electrons. The molecule has 16 heavy (non-hydrogen) atoms. The number of nitrogens with zero attached hydrogens (tertiary/aromatic N) is 1. The van der Waals surface area contributed by atoms with Crippen molar-refractivity contribution in [2.45, 2.75) is 39.2 Å². The molecule has 4 heteroatoms. The third-order valence-electron chi connectivity index (χ3n) is 2.68. The van der Waals surface area contributed by atoms with Crippen LogP contribution in [0.4, 0.5) is 0 Å². The minimum atomic E-state index is -0.131. The van der Waals surface area contributed by atoms with Crippen LogP contribution in [-0.2, 0) is 14.3 Å². The number of carbonyl (C=O) groups is 1. The van der Waals surface area contributed by atoms with Crippen molar-refractivity contribution in [2.24, 2.45) is 0 Å². The van der Waals surface area contributed by atoms with Crippen LogP contribution in [0.5, 0.6) is 0 Å². The van der Waals surface area contributed by atoms with E-state index in [9.17, 15) is 4.79 Å². The van der Waals surface area contributed by atoms with Gasteiger partial charge in [0, 0.05) is 13.2 Å². The third kappa shape index (κ3) is 4.94. The quantitative estimate of drug-likeness (QED) is 0.619. The Balaban J connectivity index is 2.30. The van der Waals surface area contributed by atoms with Gasteiger partial charge in [-0.15, -0.1) is 0 Å². The van der Waals surface area contributed by atoms with E-state index in [1.165, 1.54) is 0 Å². The molecule has 0 aromatic heterocycles. The topological polar surface area (TPSA) is 38.8 Å². The maximum Gasteiger partial charge on any atom is 0.320 e. The predicted molar refractivity (Wildman–Crippen MR) is 62.3 cm³/mol. The fourth-order valence-corrected chi connectivity index (χ4v) is 2.02. The lowest BCUT2D eigenvalue weighted by Gasteiger charge is -2.23. The number of hydrogen-bond acceptors (Lipinski definition) is 4. The van der Waals surface area contributed by atoms with Gasteiger partial charge in [-0.2, -0.15) is 0 Å². The summed E-state index contributed by atoms with van der Waals surface area (Å²) in [7, 11) is 0. The van der Waals surface area contributed by atoms with E-state index in [1.54, 1.807) is 0 Å². The molecule has 0 amide bonds. The molecule has 1 aliphatic rings. The first-order valence-corrected chi connectivity index (χ1v) is 6.25. The Morgan fingerprint density at radius 2 is 2.31 bits per heavy atom. The highest BCUT2D eigenvalue weighted by Crippen LogP contribution is 2.13. The van der Waals surface area contributed by atoms with Crippen molar-refractivity contribution in [2.75, 3.05) is 32.8 Å². The summed E-state index contributed by atoms with van der Waals surface area (Å²) in [5.74, 6) is -0.131. The molecule has 0 saturated carbocycles. The number of rotatable bonds is 7. The number of hydrogen-bond donors (Lipinski definition) is 0. The van der Waals surface area contributed by atoms with Crippen molar-refractivity contribution >= 4 is 5.97 Å². The SMILES string of the molecule is CCCN(CC(=O)OCC)CC1CCCO1. The molecule has 1 unspecified atom stereocenters. The van der Waals surface area contributed by atoms with Gasteiger partial charge in [0.15, 0.2) is 0 Å². The molecular formula is C12H23NO3. The van der Waals surface area contributed by atoms with Crippen LogP contribution in [0.1, 0.15) is 33.1 Å². The van der Waals surface area contributed by atoms with Gasteiger partial charge in [-0.1, -0.05) is 6.92 Å². The zero-order valence-electron chi connectivity index (χ0n) is 10.4. The van der Waals surface area contributed by atoms with Gasteiger partial charge in [-0.25, -0.2) is 0 Å². The molecule has 0 radical (unpaired) electrons. The van der Waals surface area contributed by atoms with E-state index in [1.807, 2.05) is 6.92 Å². The van der Waals surface area contributed by atoms with Crippen LogP contribution >= 0.6 is 0 Å². The van der Waals surface area contributed by atoms with E-state index < -0.39 is 0 Å². The van der Waals surface area contributed by atoms with Crippen LogP contribution < -0.4 is 0 Å². The Morgan fingerprint density at radius 1 is 1.50 bits per heavy atom. The molecule has 1 heterocycles. The lowest BCUT2D eigenvalue weighted by molar-refractivity contribution is -0.144. The van der Waals surface area contributed by atoms with Crippen molar-refractivity contribution < 1.29 is 14.3 Å². The van der Waals surface area contributed by atoms with E-state index >= 15 is 0 Å². The molecular weight excluding hydrogens is 206 g/mol. The molecule has 4 nitrogen and oxygen atoms in total. The molecule has 0 bridgehead atoms. The number of esters is 1. The van der Waals surface area contributed by atoms with Gasteiger partial charge in [-0.3, -0.25) is 9.69 Å². The Kier molecular flexibility index (Phi) is 6.42. The highest BCUT2D eigenvalue weighted by atomic mass is 16.5. The van der Waals surface area contributed by atoms with E-state index in [0.29, 0.717) is 19.3 Å². The molecule has 0 aromatic carbocycles. The summed E-state index contributed by atoms with van der Waals surface area (Å²) in [4.78, 5) is 13.5. The molecule has 0 spiro atoms. The van der Waals surface area contributed by atoms with Gasteiger partial charge < -0.3 is 9.47 Å².